The number of piperidine rings is 1. The van der Waals surface area contributed by atoms with Crippen LogP contribution in [0.5, 0.6) is 0 Å². The smallest absolute Gasteiger partial charge is 0.273 e. The van der Waals surface area contributed by atoms with Crippen molar-refractivity contribution >= 4 is 17.4 Å². The zero-order chi connectivity index (χ0) is 18.5. The van der Waals surface area contributed by atoms with Gasteiger partial charge < -0.3 is 10.2 Å². The number of carbonyl (C=O) groups excluding carboxylic acids is 1. The first-order chi connectivity index (χ1) is 12.5. The van der Waals surface area contributed by atoms with Gasteiger partial charge in [-0.25, -0.2) is 4.98 Å². The number of hydrogen-bond acceptors (Lipinski definition) is 6. The SMILES string of the molecule is Cc1ccc(C(=O)NCC2CCN(c3cnccn3)CC2)cc1[N+](=O)[O-]. The summed E-state index contributed by atoms with van der Waals surface area (Å²) in [5.41, 5.74) is 0.831. The maximum absolute atomic E-state index is 12.3. The van der Waals surface area contributed by atoms with Gasteiger partial charge in [0, 0.05) is 49.2 Å². The van der Waals surface area contributed by atoms with Gasteiger partial charge in [-0.1, -0.05) is 6.07 Å². The summed E-state index contributed by atoms with van der Waals surface area (Å²) in [6, 6.07) is 4.56. The van der Waals surface area contributed by atoms with E-state index in [1.165, 1.54) is 6.07 Å². The van der Waals surface area contributed by atoms with Gasteiger partial charge in [0.15, 0.2) is 0 Å². The van der Waals surface area contributed by atoms with Crippen LogP contribution >= 0.6 is 0 Å². The van der Waals surface area contributed by atoms with E-state index in [2.05, 4.69) is 20.2 Å². The third-order valence-electron chi connectivity index (χ3n) is 4.71. The highest BCUT2D eigenvalue weighted by molar-refractivity contribution is 5.95. The molecule has 2 aromatic rings. The number of anilines is 1. The van der Waals surface area contributed by atoms with Crippen LogP contribution in [-0.4, -0.2) is 40.4 Å². The first kappa shape index (κ1) is 17.8. The van der Waals surface area contributed by atoms with Gasteiger partial charge in [-0.2, -0.15) is 0 Å². The number of nitrogens with zero attached hydrogens (tertiary/aromatic N) is 4. The van der Waals surface area contributed by atoms with Crippen LogP contribution in [0.2, 0.25) is 0 Å². The number of nitro benzene ring substituents is 1. The predicted octanol–water partition coefficient (Wildman–Crippen LogP) is 2.34. The van der Waals surface area contributed by atoms with Gasteiger partial charge in [0.2, 0.25) is 0 Å². The van der Waals surface area contributed by atoms with Crippen LogP contribution < -0.4 is 10.2 Å². The summed E-state index contributed by atoms with van der Waals surface area (Å²) in [6.07, 6.45) is 6.99. The standard InChI is InChI=1S/C18H21N5O3/c1-13-2-3-15(10-16(13)23(25)26)18(24)21-11-14-4-8-22(9-5-14)17-12-19-6-7-20-17/h2-3,6-7,10,12,14H,4-5,8-9,11H2,1H3,(H,21,24). The van der Waals surface area contributed by atoms with Gasteiger partial charge in [-0.3, -0.25) is 19.9 Å². The van der Waals surface area contributed by atoms with Crippen molar-refractivity contribution in [2.75, 3.05) is 24.5 Å². The molecule has 0 bridgehead atoms. The third-order valence-corrected chi connectivity index (χ3v) is 4.71. The molecule has 1 fully saturated rings. The van der Waals surface area contributed by atoms with E-state index in [0.717, 1.165) is 31.7 Å². The molecule has 0 radical (unpaired) electrons. The second kappa shape index (κ2) is 7.90. The van der Waals surface area contributed by atoms with Crippen LogP contribution in [0.4, 0.5) is 11.5 Å². The lowest BCUT2D eigenvalue weighted by atomic mass is 9.96. The van der Waals surface area contributed by atoms with Crippen LogP contribution in [-0.2, 0) is 0 Å². The maximum atomic E-state index is 12.3. The van der Waals surface area contributed by atoms with E-state index in [1.807, 2.05) is 0 Å². The number of amides is 1. The monoisotopic (exact) mass is 355 g/mol. The van der Waals surface area contributed by atoms with E-state index in [9.17, 15) is 14.9 Å². The van der Waals surface area contributed by atoms with Crippen molar-refractivity contribution in [1.82, 2.24) is 15.3 Å². The fraction of sp³-hybridized carbons (Fsp3) is 0.389. The van der Waals surface area contributed by atoms with Crippen molar-refractivity contribution in [3.63, 3.8) is 0 Å². The van der Waals surface area contributed by atoms with Gasteiger partial charge in [0.1, 0.15) is 5.82 Å². The first-order valence-corrected chi connectivity index (χ1v) is 8.59. The lowest BCUT2D eigenvalue weighted by molar-refractivity contribution is -0.385. The van der Waals surface area contributed by atoms with Gasteiger partial charge in [-0.15, -0.1) is 0 Å². The highest BCUT2D eigenvalue weighted by Gasteiger charge is 2.21. The number of aryl methyl sites for hydroxylation is 1. The molecule has 0 atom stereocenters. The Kier molecular flexibility index (Phi) is 5.40. The van der Waals surface area contributed by atoms with Crippen LogP contribution in [0.15, 0.2) is 36.8 Å². The van der Waals surface area contributed by atoms with Gasteiger partial charge in [0.05, 0.1) is 11.1 Å². The van der Waals surface area contributed by atoms with Crippen LogP contribution in [0.1, 0.15) is 28.8 Å². The van der Waals surface area contributed by atoms with E-state index in [4.69, 9.17) is 0 Å². The van der Waals surface area contributed by atoms with Gasteiger partial charge in [-0.05, 0) is 31.7 Å². The van der Waals surface area contributed by atoms with E-state index in [0.29, 0.717) is 23.6 Å². The van der Waals surface area contributed by atoms with E-state index >= 15 is 0 Å². The van der Waals surface area contributed by atoms with Crippen molar-refractivity contribution in [1.29, 1.82) is 0 Å². The zero-order valence-corrected chi connectivity index (χ0v) is 14.6. The number of nitro groups is 1. The Morgan fingerprint density at radius 2 is 2.12 bits per heavy atom. The fourth-order valence-corrected chi connectivity index (χ4v) is 3.11. The third kappa shape index (κ3) is 4.14. The normalized spacial score (nSPS) is 14.9. The zero-order valence-electron chi connectivity index (χ0n) is 14.6. The highest BCUT2D eigenvalue weighted by Crippen LogP contribution is 2.21. The number of aromatic nitrogens is 2. The number of carbonyl (C=O) groups is 1. The summed E-state index contributed by atoms with van der Waals surface area (Å²) in [5.74, 6) is 0.985. The Balaban J connectivity index is 1.51. The Morgan fingerprint density at radius 3 is 2.77 bits per heavy atom. The molecule has 136 valence electrons. The Labute approximate surface area is 151 Å². The van der Waals surface area contributed by atoms with E-state index in [-0.39, 0.29) is 11.6 Å². The Hall–Kier alpha value is -3.03. The summed E-state index contributed by atoms with van der Waals surface area (Å²) in [7, 11) is 0. The molecule has 1 aromatic carbocycles. The van der Waals surface area contributed by atoms with Crippen molar-refractivity contribution < 1.29 is 9.72 Å². The molecule has 0 spiro atoms. The minimum absolute atomic E-state index is 0.0325. The van der Waals surface area contributed by atoms with Crippen molar-refractivity contribution in [2.24, 2.45) is 5.92 Å². The second-order valence-electron chi connectivity index (χ2n) is 6.46. The lowest BCUT2D eigenvalue weighted by Gasteiger charge is -2.32. The molecular weight excluding hydrogens is 334 g/mol. The lowest BCUT2D eigenvalue weighted by Crippen LogP contribution is -2.39. The molecule has 1 aromatic heterocycles. The summed E-state index contributed by atoms with van der Waals surface area (Å²) in [6.45, 7) is 3.96. The van der Waals surface area contributed by atoms with Crippen molar-refractivity contribution in [3.8, 4) is 0 Å². The minimum Gasteiger partial charge on any atom is -0.355 e. The highest BCUT2D eigenvalue weighted by atomic mass is 16.6. The molecule has 0 aliphatic carbocycles. The average molecular weight is 355 g/mol. The molecule has 0 unspecified atom stereocenters. The summed E-state index contributed by atoms with van der Waals surface area (Å²) >= 11 is 0. The molecular formula is C18H21N5O3. The molecule has 26 heavy (non-hydrogen) atoms. The fourth-order valence-electron chi connectivity index (χ4n) is 3.11. The molecule has 2 heterocycles. The molecule has 1 aliphatic rings. The second-order valence-corrected chi connectivity index (χ2v) is 6.46. The number of nitrogens with one attached hydrogen (secondary N) is 1. The van der Waals surface area contributed by atoms with Crippen molar-refractivity contribution in [3.05, 3.63) is 58.0 Å². The molecule has 8 nitrogen and oxygen atoms in total. The van der Waals surface area contributed by atoms with Crippen LogP contribution in [0.25, 0.3) is 0 Å². The van der Waals surface area contributed by atoms with Gasteiger partial charge in [0.25, 0.3) is 11.6 Å². The molecule has 1 amide bonds. The molecule has 1 aliphatic heterocycles. The first-order valence-electron chi connectivity index (χ1n) is 8.59. The quantitative estimate of drug-likeness (QED) is 0.652. The largest absolute Gasteiger partial charge is 0.355 e. The van der Waals surface area contributed by atoms with Crippen molar-refractivity contribution in [2.45, 2.75) is 19.8 Å². The summed E-state index contributed by atoms with van der Waals surface area (Å²) in [4.78, 5) is 33.4. The maximum Gasteiger partial charge on any atom is 0.273 e. The molecule has 0 saturated carbocycles. The molecule has 8 heteroatoms. The summed E-state index contributed by atoms with van der Waals surface area (Å²) in [5, 5.41) is 13.9. The van der Waals surface area contributed by atoms with Crippen LogP contribution in [0.3, 0.4) is 0 Å². The topological polar surface area (TPSA) is 101 Å². The number of rotatable bonds is 5. The molecule has 3 rings (SSSR count). The summed E-state index contributed by atoms with van der Waals surface area (Å²) < 4.78 is 0. The number of benzene rings is 1. The molecule has 1 saturated heterocycles. The predicted molar refractivity (Wildman–Crippen MR) is 97.1 cm³/mol. The average Bonchev–Trinajstić information content (AvgIpc) is 2.67. The minimum atomic E-state index is -0.464. The molecule has 1 N–H and O–H groups in total. The Bertz CT molecular complexity index is 789. The van der Waals surface area contributed by atoms with Crippen LogP contribution in [0, 0.1) is 23.0 Å². The van der Waals surface area contributed by atoms with E-state index < -0.39 is 4.92 Å². The number of hydrogen-bond donors (Lipinski definition) is 1. The van der Waals surface area contributed by atoms with Gasteiger partial charge >= 0.3 is 0 Å². The Morgan fingerprint density at radius 1 is 1.35 bits per heavy atom. The van der Waals surface area contributed by atoms with E-state index in [1.54, 1.807) is 37.6 Å².